The van der Waals surface area contributed by atoms with Crippen LogP contribution in [-0.2, 0) is 4.79 Å². The fourth-order valence-electron chi connectivity index (χ4n) is 3.60. The van der Waals surface area contributed by atoms with Crippen molar-refractivity contribution in [2.75, 3.05) is 50.9 Å². The molecule has 1 amide bonds. The van der Waals surface area contributed by atoms with Crippen LogP contribution in [0.3, 0.4) is 0 Å². The van der Waals surface area contributed by atoms with Crippen molar-refractivity contribution in [3.05, 3.63) is 54.1 Å². The molecule has 2 aromatic carbocycles. The predicted molar refractivity (Wildman–Crippen MR) is 113 cm³/mol. The van der Waals surface area contributed by atoms with E-state index >= 15 is 0 Å². The Morgan fingerprint density at radius 1 is 1.03 bits per heavy atom. The van der Waals surface area contributed by atoms with Gasteiger partial charge in [-0.3, -0.25) is 4.79 Å². The zero-order chi connectivity index (χ0) is 20.1. The topological polar surface area (TPSA) is 51.2 Å². The molecule has 0 N–H and O–H groups in total. The molecule has 0 aromatic heterocycles. The summed E-state index contributed by atoms with van der Waals surface area (Å²) in [6, 6.07) is 13.8. The Balaban J connectivity index is 1.35. The Labute approximate surface area is 171 Å². The lowest BCUT2D eigenvalue weighted by Gasteiger charge is -2.36. The second-order valence-corrected chi connectivity index (χ2v) is 6.95. The summed E-state index contributed by atoms with van der Waals surface area (Å²) in [7, 11) is 0. The lowest BCUT2D eigenvalue weighted by molar-refractivity contribution is -0.126. The van der Waals surface area contributed by atoms with Crippen LogP contribution in [0.5, 0.6) is 17.2 Å². The minimum atomic E-state index is 0.0256. The van der Waals surface area contributed by atoms with Gasteiger partial charge in [0.1, 0.15) is 19.0 Å². The maximum Gasteiger partial charge on any atom is 0.246 e. The van der Waals surface area contributed by atoms with Crippen molar-refractivity contribution in [2.45, 2.75) is 6.92 Å². The van der Waals surface area contributed by atoms with Crippen LogP contribution in [-0.4, -0.2) is 56.8 Å². The first kappa shape index (κ1) is 19.2. The van der Waals surface area contributed by atoms with Crippen molar-refractivity contribution < 1.29 is 19.0 Å². The largest absolute Gasteiger partial charge is 0.492 e. The van der Waals surface area contributed by atoms with Gasteiger partial charge in [0.2, 0.25) is 5.91 Å². The van der Waals surface area contributed by atoms with Gasteiger partial charge >= 0.3 is 0 Å². The first-order valence-corrected chi connectivity index (χ1v) is 10.1. The molecule has 29 heavy (non-hydrogen) atoms. The van der Waals surface area contributed by atoms with Crippen LogP contribution in [0.4, 0.5) is 5.69 Å². The number of hydrogen-bond donors (Lipinski definition) is 0. The molecule has 1 saturated heterocycles. The number of hydrogen-bond acceptors (Lipinski definition) is 5. The molecule has 0 aliphatic carbocycles. The minimum absolute atomic E-state index is 0.0256. The van der Waals surface area contributed by atoms with Crippen molar-refractivity contribution in [3.63, 3.8) is 0 Å². The summed E-state index contributed by atoms with van der Waals surface area (Å²) in [5.41, 5.74) is 2.01. The summed E-state index contributed by atoms with van der Waals surface area (Å²) in [6.07, 6.45) is 3.46. The van der Waals surface area contributed by atoms with E-state index in [1.54, 1.807) is 6.08 Å². The van der Waals surface area contributed by atoms with Gasteiger partial charge in [-0.15, -0.1) is 0 Å². The molecule has 4 rings (SSSR count). The summed E-state index contributed by atoms with van der Waals surface area (Å²) in [6.45, 7) is 6.69. The summed E-state index contributed by atoms with van der Waals surface area (Å²) < 4.78 is 16.9. The van der Waals surface area contributed by atoms with Gasteiger partial charge in [-0.1, -0.05) is 18.2 Å². The third kappa shape index (κ3) is 4.47. The molecule has 1 fully saturated rings. The van der Waals surface area contributed by atoms with Crippen LogP contribution >= 0.6 is 0 Å². The van der Waals surface area contributed by atoms with Crippen LogP contribution in [0.15, 0.2) is 48.5 Å². The number of carbonyl (C=O) groups excluding carboxylic acids is 1. The molecule has 0 radical (unpaired) electrons. The highest BCUT2D eigenvalue weighted by molar-refractivity contribution is 5.92. The second kappa shape index (κ2) is 8.90. The first-order valence-electron chi connectivity index (χ1n) is 10.1. The van der Waals surface area contributed by atoms with E-state index in [-0.39, 0.29) is 5.91 Å². The van der Waals surface area contributed by atoms with Crippen LogP contribution in [0.2, 0.25) is 0 Å². The van der Waals surface area contributed by atoms with Gasteiger partial charge in [-0.2, -0.15) is 0 Å². The first-order chi connectivity index (χ1) is 14.2. The average molecular weight is 394 g/mol. The van der Waals surface area contributed by atoms with E-state index < -0.39 is 0 Å². The van der Waals surface area contributed by atoms with E-state index in [0.29, 0.717) is 32.9 Å². The van der Waals surface area contributed by atoms with Crippen LogP contribution in [0, 0.1) is 0 Å². The molecule has 2 heterocycles. The molecule has 0 atom stereocenters. The number of piperazine rings is 1. The van der Waals surface area contributed by atoms with Gasteiger partial charge in [-0.05, 0) is 42.8 Å². The second-order valence-electron chi connectivity index (χ2n) is 6.95. The van der Waals surface area contributed by atoms with Crippen molar-refractivity contribution in [3.8, 4) is 17.2 Å². The number of ether oxygens (including phenoxy) is 3. The molecule has 0 bridgehead atoms. The molecular formula is C23H26N2O4. The Morgan fingerprint density at radius 2 is 1.79 bits per heavy atom. The molecule has 152 valence electrons. The van der Waals surface area contributed by atoms with Gasteiger partial charge in [0.25, 0.3) is 0 Å². The Hall–Kier alpha value is -3.15. The predicted octanol–water partition coefficient (Wildman–Crippen LogP) is 3.22. The van der Waals surface area contributed by atoms with E-state index in [2.05, 4.69) is 11.0 Å². The summed E-state index contributed by atoms with van der Waals surface area (Å²) in [5.74, 6) is 2.40. The normalized spacial score (nSPS) is 16.2. The summed E-state index contributed by atoms with van der Waals surface area (Å²) in [5, 5.41) is 0. The molecule has 2 aliphatic heterocycles. The zero-order valence-corrected chi connectivity index (χ0v) is 16.7. The Bertz CT molecular complexity index is 888. The fraction of sp³-hybridized carbons (Fsp3) is 0.348. The highest BCUT2D eigenvalue weighted by Gasteiger charge is 2.21. The van der Waals surface area contributed by atoms with Gasteiger partial charge in [-0.25, -0.2) is 0 Å². The van der Waals surface area contributed by atoms with Gasteiger partial charge < -0.3 is 24.0 Å². The molecule has 6 nitrogen and oxygen atoms in total. The summed E-state index contributed by atoms with van der Waals surface area (Å²) >= 11 is 0. The minimum Gasteiger partial charge on any atom is -0.492 e. The SMILES string of the molecule is CCOc1ccccc1N1CCN(C(=O)/C=C/c2ccc3c(c2)OCCO3)CC1. The van der Waals surface area contributed by atoms with Crippen molar-refractivity contribution in [1.82, 2.24) is 4.90 Å². The van der Waals surface area contributed by atoms with Crippen LogP contribution < -0.4 is 19.1 Å². The van der Waals surface area contributed by atoms with E-state index in [1.807, 2.05) is 54.3 Å². The Morgan fingerprint density at radius 3 is 2.59 bits per heavy atom. The van der Waals surface area contributed by atoms with Gasteiger partial charge in [0.15, 0.2) is 11.5 Å². The lowest BCUT2D eigenvalue weighted by Crippen LogP contribution is -2.48. The third-order valence-electron chi connectivity index (χ3n) is 5.08. The van der Waals surface area contributed by atoms with Crippen molar-refractivity contribution in [1.29, 1.82) is 0 Å². The molecule has 6 heteroatoms. The molecular weight excluding hydrogens is 368 g/mol. The Kier molecular flexibility index (Phi) is 5.89. The molecule has 2 aliphatic rings. The number of rotatable bonds is 5. The smallest absolute Gasteiger partial charge is 0.246 e. The van der Waals surface area contributed by atoms with Crippen LogP contribution in [0.1, 0.15) is 12.5 Å². The number of carbonyl (C=O) groups is 1. The maximum atomic E-state index is 12.6. The van der Waals surface area contributed by atoms with Crippen molar-refractivity contribution >= 4 is 17.7 Å². The van der Waals surface area contributed by atoms with Gasteiger partial charge in [0, 0.05) is 32.3 Å². The highest BCUT2D eigenvalue weighted by Crippen LogP contribution is 2.31. The van der Waals surface area contributed by atoms with Crippen LogP contribution in [0.25, 0.3) is 6.08 Å². The van der Waals surface area contributed by atoms with E-state index in [9.17, 15) is 4.79 Å². The lowest BCUT2D eigenvalue weighted by atomic mass is 10.1. The number of fused-ring (bicyclic) bond motifs is 1. The number of anilines is 1. The van der Waals surface area contributed by atoms with E-state index in [4.69, 9.17) is 14.2 Å². The molecule has 0 unspecified atom stereocenters. The monoisotopic (exact) mass is 394 g/mol. The summed E-state index contributed by atoms with van der Waals surface area (Å²) in [4.78, 5) is 16.8. The molecule has 0 spiro atoms. The standard InChI is InChI=1S/C23H26N2O4/c1-2-27-20-6-4-3-5-19(20)24-11-13-25(14-12-24)23(26)10-8-18-7-9-21-22(17-18)29-16-15-28-21/h3-10,17H,2,11-16H2,1H3/b10-8+. The van der Waals surface area contributed by atoms with E-state index in [0.717, 1.165) is 41.6 Å². The molecule has 2 aromatic rings. The average Bonchev–Trinajstić information content (AvgIpc) is 2.78. The van der Waals surface area contributed by atoms with Crippen molar-refractivity contribution in [2.24, 2.45) is 0 Å². The zero-order valence-electron chi connectivity index (χ0n) is 16.7. The van der Waals surface area contributed by atoms with E-state index in [1.165, 1.54) is 0 Å². The maximum absolute atomic E-state index is 12.6. The van der Waals surface area contributed by atoms with Gasteiger partial charge in [0.05, 0.1) is 12.3 Å². The number of para-hydroxylation sites is 2. The fourth-order valence-corrected chi connectivity index (χ4v) is 3.60. The number of amides is 1. The number of nitrogens with zero attached hydrogens (tertiary/aromatic N) is 2. The third-order valence-corrected chi connectivity index (χ3v) is 5.08. The highest BCUT2D eigenvalue weighted by atomic mass is 16.6. The quantitative estimate of drug-likeness (QED) is 0.729. The molecule has 0 saturated carbocycles. The number of benzene rings is 2.